The summed E-state index contributed by atoms with van der Waals surface area (Å²) in [5, 5.41) is 11.6. The Morgan fingerprint density at radius 1 is 1.45 bits per heavy atom. The van der Waals surface area contributed by atoms with Crippen molar-refractivity contribution in [1.82, 2.24) is 5.32 Å². The first-order valence-electron chi connectivity index (χ1n) is 6.41. The Labute approximate surface area is 115 Å². The molecule has 6 heteroatoms. The van der Waals surface area contributed by atoms with Gasteiger partial charge >= 0.3 is 5.97 Å². The Bertz CT molecular complexity index is 528. The smallest absolute Gasteiger partial charge is 0.329 e. The van der Waals surface area contributed by atoms with Gasteiger partial charge in [-0.3, -0.25) is 4.79 Å². The molecule has 1 saturated carbocycles. The lowest BCUT2D eigenvalue weighted by Gasteiger charge is -2.38. The zero-order valence-corrected chi connectivity index (χ0v) is 11.1. The molecule has 2 N–H and O–H groups in total. The predicted octanol–water partition coefficient (Wildman–Crippen LogP) is 1.72. The minimum atomic E-state index is -1.17. The number of nitrogens with one attached hydrogen (secondary N) is 1. The zero-order chi connectivity index (χ0) is 14.8. The monoisotopic (exact) mass is 281 g/mol. The van der Waals surface area contributed by atoms with Gasteiger partial charge in [-0.2, -0.15) is 0 Å². The van der Waals surface area contributed by atoms with E-state index in [0.717, 1.165) is 6.42 Å². The van der Waals surface area contributed by atoms with E-state index in [4.69, 9.17) is 9.84 Å². The number of hydrogen-bond acceptors (Lipinski definition) is 3. The summed E-state index contributed by atoms with van der Waals surface area (Å²) in [5.74, 6) is -1.78. The molecule has 0 bridgehead atoms. The third-order valence-electron chi connectivity index (χ3n) is 3.46. The van der Waals surface area contributed by atoms with Crippen LogP contribution in [0.15, 0.2) is 24.3 Å². The van der Waals surface area contributed by atoms with Crippen molar-refractivity contribution in [2.45, 2.75) is 37.8 Å². The summed E-state index contributed by atoms with van der Waals surface area (Å²) < 4.78 is 18.3. The van der Waals surface area contributed by atoms with Crippen LogP contribution in [0.2, 0.25) is 0 Å². The molecule has 0 aliphatic heterocycles. The van der Waals surface area contributed by atoms with Crippen LogP contribution in [0.5, 0.6) is 5.75 Å². The number of ether oxygens (including phenoxy) is 1. The van der Waals surface area contributed by atoms with Crippen LogP contribution < -0.4 is 10.1 Å². The molecule has 1 amide bonds. The van der Waals surface area contributed by atoms with Crippen molar-refractivity contribution in [3.05, 3.63) is 30.1 Å². The quantitative estimate of drug-likeness (QED) is 0.861. The molecule has 1 fully saturated rings. The highest BCUT2D eigenvalue weighted by Crippen LogP contribution is 2.32. The largest absolute Gasteiger partial charge is 0.481 e. The second-order valence-electron chi connectivity index (χ2n) is 4.95. The lowest BCUT2D eigenvalue weighted by Crippen LogP contribution is -2.61. The highest BCUT2D eigenvalue weighted by molar-refractivity contribution is 5.89. The van der Waals surface area contributed by atoms with Gasteiger partial charge in [0.2, 0.25) is 0 Å². The second-order valence-corrected chi connectivity index (χ2v) is 4.95. The normalized spacial score (nSPS) is 17.7. The molecule has 5 nitrogen and oxygen atoms in total. The Morgan fingerprint density at radius 3 is 2.65 bits per heavy atom. The summed E-state index contributed by atoms with van der Waals surface area (Å²) >= 11 is 0. The van der Waals surface area contributed by atoms with E-state index in [1.807, 2.05) is 0 Å². The number of carboxylic acids is 1. The molecule has 108 valence electrons. The van der Waals surface area contributed by atoms with Crippen LogP contribution in [0.3, 0.4) is 0 Å². The van der Waals surface area contributed by atoms with Crippen molar-refractivity contribution < 1.29 is 23.8 Å². The molecular weight excluding hydrogens is 265 g/mol. The summed E-state index contributed by atoms with van der Waals surface area (Å²) in [4.78, 5) is 23.1. The van der Waals surface area contributed by atoms with E-state index < -0.39 is 29.3 Å². The summed E-state index contributed by atoms with van der Waals surface area (Å²) in [5.41, 5.74) is -1.17. The SMILES string of the molecule is CC(Oc1cccc(F)c1)C(=O)NC1(C(=O)O)CCC1. The fourth-order valence-corrected chi connectivity index (χ4v) is 2.06. The van der Waals surface area contributed by atoms with E-state index in [1.54, 1.807) is 0 Å². The van der Waals surface area contributed by atoms with E-state index in [-0.39, 0.29) is 5.75 Å². The molecule has 1 aliphatic carbocycles. The number of rotatable bonds is 5. The van der Waals surface area contributed by atoms with Crippen molar-refractivity contribution in [2.75, 3.05) is 0 Å². The van der Waals surface area contributed by atoms with E-state index in [1.165, 1.54) is 31.2 Å². The van der Waals surface area contributed by atoms with Gasteiger partial charge in [-0.05, 0) is 38.3 Å². The molecular formula is C14H16FNO4. The van der Waals surface area contributed by atoms with E-state index in [9.17, 15) is 14.0 Å². The first-order valence-corrected chi connectivity index (χ1v) is 6.41. The summed E-state index contributed by atoms with van der Waals surface area (Å²) in [6, 6.07) is 5.44. The van der Waals surface area contributed by atoms with Crippen molar-refractivity contribution in [3.8, 4) is 5.75 Å². The molecule has 0 aromatic heterocycles. The van der Waals surface area contributed by atoms with Gasteiger partial charge in [-0.1, -0.05) is 6.07 Å². The van der Waals surface area contributed by atoms with Crippen molar-refractivity contribution in [1.29, 1.82) is 0 Å². The van der Waals surface area contributed by atoms with Crippen LogP contribution in [0.1, 0.15) is 26.2 Å². The van der Waals surface area contributed by atoms with Gasteiger partial charge in [-0.25, -0.2) is 9.18 Å². The topological polar surface area (TPSA) is 75.6 Å². The molecule has 0 saturated heterocycles. The van der Waals surface area contributed by atoms with Gasteiger partial charge in [0.15, 0.2) is 6.10 Å². The maximum atomic E-state index is 13.0. The minimum Gasteiger partial charge on any atom is -0.481 e. The third-order valence-corrected chi connectivity index (χ3v) is 3.46. The average molecular weight is 281 g/mol. The van der Waals surface area contributed by atoms with Crippen LogP contribution in [0.25, 0.3) is 0 Å². The number of carbonyl (C=O) groups is 2. The highest BCUT2D eigenvalue weighted by atomic mass is 19.1. The molecule has 1 aliphatic rings. The third kappa shape index (κ3) is 2.89. The highest BCUT2D eigenvalue weighted by Gasteiger charge is 2.46. The Hall–Kier alpha value is -2.11. The minimum absolute atomic E-state index is 0.227. The number of aliphatic carboxylic acids is 1. The maximum Gasteiger partial charge on any atom is 0.329 e. The van der Waals surface area contributed by atoms with Crippen molar-refractivity contribution in [3.63, 3.8) is 0 Å². The van der Waals surface area contributed by atoms with Gasteiger partial charge in [0, 0.05) is 6.07 Å². The standard InChI is InChI=1S/C14H16FNO4/c1-9(20-11-5-2-4-10(15)8-11)12(17)16-14(13(18)19)6-3-7-14/h2,4-5,8-9H,3,6-7H2,1H3,(H,16,17)(H,18,19). The van der Waals surface area contributed by atoms with Crippen LogP contribution >= 0.6 is 0 Å². The lowest BCUT2D eigenvalue weighted by molar-refractivity contribution is -0.152. The first kappa shape index (κ1) is 14.3. The van der Waals surface area contributed by atoms with E-state index in [0.29, 0.717) is 12.8 Å². The Kier molecular flexibility index (Phi) is 3.92. The second kappa shape index (κ2) is 5.48. The van der Waals surface area contributed by atoms with Crippen LogP contribution in [-0.4, -0.2) is 28.6 Å². The number of amides is 1. The fourth-order valence-electron chi connectivity index (χ4n) is 2.06. The number of carboxylic acid groups (broad SMARTS) is 1. The lowest BCUT2D eigenvalue weighted by atomic mass is 9.76. The van der Waals surface area contributed by atoms with Crippen LogP contribution in [-0.2, 0) is 9.59 Å². The molecule has 20 heavy (non-hydrogen) atoms. The summed E-state index contributed by atoms with van der Waals surface area (Å²) in [6.45, 7) is 1.49. The maximum absolute atomic E-state index is 13.0. The van der Waals surface area contributed by atoms with Crippen LogP contribution in [0.4, 0.5) is 4.39 Å². The van der Waals surface area contributed by atoms with Gasteiger partial charge in [-0.15, -0.1) is 0 Å². The van der Waals surface area contributed by atoms with Gasteiger partial charge in [0.25, 0.3) is 5.91 Å². The molecule has 1 aromatic rings. The predicted molar refractivity (Wildman–Crippen MR) is 68.9 cm³/mol. The van der Waals surface area contributed by atoms with Gasteiger partial charge in [0.1, 0.15) is 17.1 Å². The van der Waals surface area contributed by atoms with E-state index >= 15 is 0 Å². The zero-order valence-electron chi connectivity index (χ0n) is 11.1. The molecule has 0 radical (unpaired) electrons. The number of carbonyl (C=O) groups excluding carboxylic acids is 1. The molecule has 0 spiro atoms. The fraction of sp³-hybridized carbons (Fsp3) is 0.429. The first-order chi connectivity index (χ1) is 9.43. The number of hydrogen-bond donors (Lipinski definition) is 2. The Morgan fingerprint density at radius 2 is 2.15 bits per heavy atom. The van der Waals surface area contributed by atoms with Gasteiger partial charge in [0.05, 0.1) is 0 Å². The summed E-state index contributed by atoms with van der Waals surface area (Å²) in [7, 11) is 0. The Balaban J connectivity index is 1.97. The number of benzene rings is 1. The average Bonchev–Trinajstić information content (AvgIpc) is 2.32. The molecule has 1 aromatic carbocycles. The van der Waals surface area contributed by atoms with Crippen LogP contribution in [0, 0.1) is 5.82 Å². The molecule has 0 heterocycles. The molecule has 1 unspecified atom stereocenters. The number of halogens is 1. The molecule has 2 rings (SSSR count). The molecule has 1 atom stereocenters. The summed E-state index contributed by atoms with van der Waals surface area (Å²) in [6.07, 6.45) is 0.710. The van der Waals surface area contributed by atoms with Crippen molar-refractivity contribution in [2.24, 2.45) is 0 Å². The van der Waals surface area contributed by atoms with E-state index in [2.05, 4.69) is 5.32 Å². The van der Waals surface area contributed by atoms with Crippen molar-refractivity contribution >= 4 is 11.9 Å². The van der Waals surface area contributed by atoms with Gasteiger partial charge < -0.3 is 15.2 Å².